The lowest BCUT2D eigenvalue weighted by Gasteiger charge is -2.34. The number of hydrogen-bond donors (Lipinski definition) is 1. The molecule has 0 aliphatic rings. The van der Waals surface area contributed by atoms with Crippen LogP contribution in [0.5, 0.6) is 5.75 Å². The molecule has 8 nitrogen and oxygen atoms in total. The highest BCUT2D eigenvalue weighted by atomic mass is 35.5. The van der Waals surface area contributed by atoms with Gasteiger partial charge in [0, 0.05) is 24.5 Å². The summed E-state index contributed by atoms with van der Waals surface area (Å²) in [6.07, 6.45) is 0.953. The molecule has 1 atom stereocenters. The molecule has 0 radical (unpaired) electrons. The number of rotatable bonds is 14. The highest BCUT2D eigenvalue weighted by Gasteiger charge is 2.34. The van der Waals surface area contributed by atoms with Crippen molar-refractivity contribution >= 4 is 39.1 Å². The molecule has 2 amide bonds. The molecule has 4 aromatic rings. The molecule has 45 heavy (non-hydrogen) atoms. The molecule has 0 saturated heterocycles. The summed E-state index contributed by atoms with van der Waals surface area (Å²) in [6.45, 7) is 3.75. The van der Waals surface area contributed by atoms with E-state index in [1.807, 2.05) is 62.4 Å². The van der Waals surface area contributed by atoms with E-state index in [4.69, 9.17) is 16.3 Å². The Kier molecular flexibility index (Phi) is 11.6. The molecule has 0 spiro atoms. The van der Waals surface area contributed by atoms with E-state index in [-0.39, 0.29) is 23.8 Å². The van der Waals surface area contributed by atoms with Crippen molar-refractivity contribution in [1.82, 2.24) is 10.2 Å². The predicted molar refractivity (Wildman–Crippen MR) is 178 cm³/mol. The molecule has 0 aliphatic heterocycles. The molecular weight excluding hydrogens is 610 g/mol. The molecule has 0 fully saturated rings. The minimum absolute atomic E-state index is 0.0120. The number of nitrogens with one attached hydrogen (secondary N) is 1. The van der Waals surface area contributed by atoms with Gasteiger partial charge in [-0.2, -0.15) is 0 Å². The van der Waals surface area contributed by atoms with Crippen molar-refractivity contribution in [1.29, 1.82) is 0 Å². The Hall–Kier alpha value is -4.34. The molecule has 0 heterocycles. The van der Waals surface area contributed by atoms with Gasteiger partial charge in [0.25, 0.3) is 10.0 Å². The zero-order chi connectivity index (χ0) is 32.4. The fourth-order valence-electron chi connectivity index (χ4n) is 4.93. The predicted octanol–water partition coefficient (Wildman–Crippen LogP) is 6.02. The lowest BCUT2D eigenvalue weighted by molar-refractivity contribution is -0.140. The van der Waals surface area contributed by atoms with Gasteiger partial charge in [0.05, 0.1) is 17.7 Å². The Morgan fingerprint density at radius 3 is 2.24 bits per heavy atom. The molecule has 1 N–H and O–H groups in total. The number of aryl methyl sites for hydroxylation is 1. The van der Waals surface area contributed by atoms with Gasteiger partial charge in [0.2, 0.25) is 11.8 Å². The maximum Gasteiger partial charge on any atom is 0.264 e. The van der Waals surface area contributed by atoms with E-state index >= 15 is 0 Å². The van der Waals surface area contributed by atoms with E-state index in [0.717, 1.165) is 21.0 Å². The number of hydrogen-bond acceptors (Lipinski definition) is 5. The van der Waals surface area contributed by atoms with Crippen LogP contribution in [0.1, 0.15) is 30.0 Å². The normalized spacial score (nSPS) is 11.8. The summed E-state index contributed by atoms with van der Waals surface area (Å²) in [7, 11) is -2.66. The van der Waals surface area contributed by atoms with Crippen LogP contribution in [0.4, 0.5) is 5.69 Å². The van der Waals surface area contributed by atoms with E-state index in [2.05, 4.69) is 5.32 Å². The Morgan fingerprint density at radius 1 is 0.889 bits per heavy atom. The zero-order valence-corrected chi connectivity index (χ0v) is 27.2. The lowest BCUT2D eigenvalue weighted by Crippen LogP contribution is -2.53. The molecule has 0 saturated carbocycles. The summed E-state index contributed by atoms with van der Waals surface area (Å²) < 4.78 is 34.7. The van der Waals surface area contributed by atoms with Gasteiger partial charge in [0.15, 0.2) is 0 Å². The van der Waals surface area contributed by atoms with Gasteiger partial charge in [-0.15, -0.1) is 0 Å². The topological polar surface area (TPSA) is 96.0 Å². The van der Waals surface area contributed by atoms with Gasteiger partial charge in [0.1, 0.15) is 18.3 Å². The Labute approximate surface area is 270 Å². The minimum Gasteiger partial charge on any atom is -0.497 e. The summed E-state index contributed by atoms with van der Waals surface area (Å²) >= 11 is 6.05. The first-order chi connectivity index (χ1) is 21.6. The standard InChI is InChI=1S/C35H38ClN3O5S/c1-4-20-37-35(41)33(23-27-11-6-5-7-12-27)38(24-28-13-9-15-31(22-28)44-3)34(40)25-39(30-14-8-10-26(2)21-30)45(42,43)32-18-16-29(36)17-19-32/h5-19,21-22,33H,4,20,23-25H2,1-3H3,(H,37,41). The number of sulfonamides is 1. The van der Waals surface area contributed by atoms with Crippen molar-refractivity contribution < 1.29 is 22.7 Å². The molecule has 10 heteroatoms. The summed E-state index contributed by atoms with van der Waals surface area (Å²) in [5, 5.41) is 3.34. The van der Waals surface area contributed by atoms with Crippen molar-refractivity contribution in [3.63, 3.8) is 0 Å². The van der Waals surface area contributed by atoms with Crippen LogP contribution < -0.4 is 14.4 Å². The minimum atomic E-state index is -4.21. The van der Waals surface area contributed by atoms with Crippen LogP contribution in [0, 0.1) is 6.92 Å². The Morgan fingerprint density at radius 2 is 1.58 bits per heavy atom. The summed E-state index contributed by atoms with van der Waals surface area (Å²) in [5.74, 6) is -0.259. The lowest BCUT2D eigenvalue weighted by atomic mass is 10.0. The van der Waals surface area contributed by atoms with Crippen LogP contribution in [-0.2, 0) is 32.6 Å². The average Bonchev–Trinajstić information content (AvgIpc) is 3.04. The molecule has 4 aromatic carbocycles. The second-order valence-electron chi connectivity index (χ2n) is 10.7. The monoisotopic (exact) mass is 647 g/mol. The van der Waals surface area contributed by atoms with Crippen molar-refractivity contribution in [3.05, 3.63) is 125 Å². The van der Waals surface area contributed by atoms with Crippen molar-refractivity contribution in [2.75, 3.05) is 24.5 Å². The second-order valence-corrected chi connectivity index (χ2v) is 13.0. The summed E-state index contributed by atoms with van der Waals surface area (Å²) in [6, 6.07) is 28.5. The largest absolute Gasteiger partial charge is 0.497 e. The number of carbonyl (C=O) groups excluding carboxylic acids is 2. The maximum absolute atomic E-state index is 14.5. The van der Waals surface area contributed by atoms with E-state index in [0.29, 0.717) is 29.4 Å². The average molecular weight is 648 g/mol. The highest BCUT2D eigenvalue weighted by molar-refractivity contribution is 7.92. The van der Waals surface area contributed by atoms with Gasteiger partial charge in [-0.25, -0.2) is 8.42 Å². The highest BCUT2D eigenvalue weighted by Crippen LogP contribution is 2.27. The second kappa shape index (κ2) is 15.6. The zero-order valence-electron chi connectivity index (χ0n) is 25.6. The first-order valence-corrected chi connectivity index (χ1v) is 16.5. The number of carbonyl (C=O) groups is 2. The Bertz CT molecular complexity index is 1700. The van der Waals surface area contributed by atoms with Crippen molar-refractivity contribution in [2.45, 2.75) is 44.2 Å². The van der Waals surface area contributed by atoms with E-state index < -0.39 is 28.5 Å². The van der Waals surface area contributed by atoms with Gasteiger partial charge in [-0.3, -0.25) is 13.9 Å². The molecule has 0 bridgehead atoms. The number of nitrogens with zero attached hydrogens (tertiary/aromatic N) is 2. The van der Waals surface area contributed by atoms with Crippen molar-refractivity contribution in [3.8, 4) is 5.75 Å². The van der Waals surface area contributed by atoms with Crippen LogP contribution in [-0.4, -0.2) is 51.4 Å². The number of benzene rings is 4. The number of anilines is 1. The third-order valence-electron chi connectivity index (χ3n) is 7.28. The quantitative estimate of drug-likeness (QED) is 0.181. The smallest absolute Gasteiger partial charge is 0.264 e. The summed E-state index contributed by atoms with van der Waals surface area (Å²) in [5.41, 5.74) is 2.74. The SMILES string of the molecule is CCCNC(=O)C(Cc1ccccc1)N(Cc1cccc(OC)c1)C(=O)CN(c1cccc(C)c1)S(=O)(=O)c1ccc(Cl)cc1. The molecular formula is C35H38ClN3O5S. The molecule has 4 rings (SSSR count). The third-order valence-corrected chi connectivity index (χ3v) is 9.32. The third kappa shape index (κ3) is 8.86. The number of halogens is 1. The molecule has 0 aliphatic carbocycles. The first kappa shape index (κ1) is 33.6. The fourth-order valence-corrected chi connectivity index (χ4v) is 6.47. The van der Waals surface area contributed by atoms with Crippen LogP contribution in [0.2, 0.25) is 5.02 Å². The number of amides is 2. The van der Waals surface area contributed by atoms with Gasteiger partial charge >= 0.3 is 0 Å². The van der Waals surface area contributed by atoms with Gasteiger partial charge in [-0.05, 0) is 78.6 Å². The van der Waals surface area contributed by atoms with Crippen molar-refractivity contribution in [2.24, 2.45) is 0 Å². The summed E-state index contributed by atoms with van der Waals surface area (Å²) in [4.78, 5) is 29.7. The van der Waals surface area contributed by atoms with Crippen LogP contribution in [0.15, 0.2) is 108 Å². The van der Waals surface area contributed by atoms with Gasteiger partial charge in [-0.1, -0.05) is 73.1 Å². The van der Waals surface area contributed by atoms with E-state index in [1.165, 1.54) is 29.2 Å². The van der Waals surface area contributed by atoms with Crippen LogP contribution in [0.3, 0.4) is 0 Å². The van der Waals surface area contributed by atoms with Crippen LogP contribution in [0.25, 0.3) is 0 Å². The molecule has 0 aromatic heterocycles. The van der Waals surface area contributed by atoms with E-state index in [1.54, 1.807) is 37.4 Å². The fraction of sp³-hybridized carbons (Fsp3) is 0.257. The Balaban J connectivity index is 1.80. The molecule has 236 valence electrons. The molecule has 1 unspecified atom stereocenters. The van der Waals surface area contributed by atoms with E-state index in [9.17, 15) is 18.0 Å². The number of ether oxygens (including phenoxy) is 1. The van der Waals surface area contributed by atoms with Gasteiger partial charge < -0.3 is 15.0 Å². The first-order valence-electron chi connectivity index (χ1n) is 14.7. The van der Waals surface area contributed by atoms with Crippen LogP contribution >= 0.6 is 11.6 Å². The maximum atomic E-state index is 14.5. The number of methoxy groups -OCH3 is 1.